The van der Waals surface area contributed by atoms with Gasteiger partial charge >= 0.3 is 0 Å². The maximum absolute atomic E-state index is 12.1. The minimum absolute atomic E-state index is 0.253. The molecule has 0 radical (unpaired) electrons. The highest BCUT2D eigenvalue weighted by Crippen LogP contribution is 2.06. The van der Waals surface area contributed by atoms with Crippen molar-refractivity contribution in [2.75, 3.05) is 0 Å². The molecule has 2 heterocycles. The fourth-order valence-electron chi connectivity index (χ4n) is 2.20. The lowest BCUT2D eigenvalue weighted by Crippen LogP contribution is -2.23. The molecule has 2 N–H and O–H groups in total. The van der Waals surface area contributed by atoms with Crippen LogP contribution in [0.25, 0.3) is 0 Å². The Balaban J connectivity index is 1.47. The van der Waals surface area contributed by atoms with Gasteiger partial charge in [0.05, 0.1) is 19.4 Å². The molecule has 3 aromatic rings. The number of benzene rings is 1. The molecule has 0 saturated carbocycles. The van der Waals surface area contributed by atoms with Crippen molar-refractivity contribution >= 4 is 5.91 Å². The summed E-state index contributed by atoms with van der Waals surface area (Å²) in [4.78, 5) is 12.1. The smallest absolute Gasteiger partial charge is 0.273 e. The van der Waals surface area contributed by atoms with Gasteiger partial charge in [0, 0.05) is 12.6 Å². The summed E-state index contributed by atoms with van der Waals surface area (Å²) in [6, 6.07) is 13.4. The lowest BCUT2D eigenvalue weighted by molar-refractivity contribution is 0.0941. The fourth-order valence-corrected chi connectivity index (χ4v) is 2.20. The number of furan rings is 1. The first kappa shape index (κ1) is 16.0. The molecule has 0 saturated heterocycles. The Morgan fingerprint density at radius 3 is 2.62 bits per heavy atom. The Labute approximate surface area is 139 Å². The van der Waals surface area contributed by atoms with Crippen LogP contribution in [0.15, 0.2) is 57.7 Å². The van der Waals surface area contributed by atoms with Crippen LogP contribution in [-0.4, -0.2) is 11.1 Å². The van der Waals surface area contributed by atoms with E-state index in [1.54, 1.807) is 12.3 Å². The van der Waals surface area contributed by atoms with E-state index in [4.69, 9.17) is 8.94 Å². The molecular weight excluding hydrogens is 306 g/mol. The molecule has 0 unspecified atom stereocenters. The van der Waals surface area contributed by atoms with Crippen LogP contribution in [0.3, 0.4) is 0 Å². The van der Waals surface area contributed by atoms with Crippen molar-refractivity contribution in [3.05, 3.63) is 77.1 Å². The van der Waals surface area contributed by atoms with E-state index in [0.717, 1.165) is 11.3 Å². The van der Waals surface area contributed by atoms with E-state index in [2.05, 4.69) is 15.8 Å². The number of carbonyl (C=O) groups excluding carboxylic acids is 1. The zero-order valence-electron chi connectivity index (χ0n) is 13.4. The van der Waals surface area contributed by atoms with E-state index < -0.39 is 0 Å². The molecule has 1 amide bonds. The van der Waals surface area contributed by atoms with E-state index in [1.807, 2.05) is 43.3 Å². The average molecular weight is 325 g/mol. The number of aryl methyl sites for hydroxylation is 1. The molecule has 1 aromatic carbocycles. The molecule has 0 aliphatic heterocycles. The van der Waals surface area contributed by atoms with Crippen LogP contribution in [0, 0.1) is 6.92 Å². The number of rotatable bonds is 7. The molecular formula is C18H19N3O3. The molecule has 0 bridgehead atoms. The third-order valence-electron chi connectivity index (χ3n) is 3.54. The van der Waals surface area contributed by atoms with Crippen molar-refractivity contribution in [3.63, 3.8) is 0 Å². The first-order chi connectivity index (χ1) is 11.7. The highest BCUT2D eigenvalue weighted by molar-refractivity contribution is 5.92. The first-order valence-electron chi connectivity index (χ1n) is 7.73. The summed E-state index contributed by atoms with van der Waals surface area (Å²) in [6.07, 6.45) is 1.63. The molecule has 0 aliphatic rings. The van der Waals surface area contributed by atoms with Gasteiger partial charge in [-0.1, -0.05) is 35.0 Å². The molecule has 2 aromatic heterocycles. The van der Waals surface area contributed by atoms with E-state index >= 15 is 0 Å². The standard InChI is InChI=1S/C18H19N3O3/c1-13-4-6-14(7-5-13)10-20-18(22)17-9-16(24-21-17)12-19-11-15-3-2-8-23-15/h2-9,19H,10-12H2,1H3,(H,20,22). The van der Waals surface area contributed by atoms with Crippen molar-refractivity contribution in [2.45, 2.75) is 26.6 Å². The van der Waals surface area contributed by atoms with Gasteiger partial charge in [-0.25, -0.2) is 0 Å². The lowest BCUT2D eigenvalue weighted by Gasteiger charge is -2.03. The fraction of sp³-hybridized carbons (Fsp3) is 0.222. The van der Waals surface area contributed by atoms with Gasteiger partial charge in [0.1, 0.15) is 5.76 Å². The average Bonchev–Trinajstić information content (AvgIpc) is 3.26. The summed E-state index contributed by atoms with van der Waals surface area (Å²) in [7, 11) is 0. The summed E-state index contributed by atoms with van der Waals surface area (Å²) in [5.74, 6) is 1.18. The van der Waals surface area contributed by atoms with Gasteiger partial charge in [-0.05, 0) is 24.6 Å². The maximum atomic E-state index is 12.1. The predicted octanol–water partition coefficient (Wildman–Crippen LogP) is 2.80. The highest BCUT2D eigenvalue weighted by Gasteiger charge is 2.12. The van der Waals surface area contributed by atoms with Crippen LogP contribution in [-0.2, 0) is 19.6 Å². The topological polar surface area (TPSA) is 80.3 Å². The van der Waals surface area contributed by atoms with Crippen LogP contribution >= 0.6 is 0 Å². The number of nitrogens with one attached hydrogen (secondary N) is 2. The summed E-state index contributed by atoms with van der Waals surface area (Å²) in [5, 5.41) is 9.80. The maximum Gasteiger partial charge on any atom is 0.273 e. The predicted molar refractivity (Wildman–Crippen MR) is 88.1 cm³/mol. The van der Waals surface area contributed by atoms with Gasteiger partial charge < -0.3 is 19.6 Å². The summed E-state index contributed by atoms with van der Waals surface area (Å²) < 4.78 is 10.4. The number of aromatic nitrogens is 1. The lowest BCUT2D eigenvalue weighted by atomic mass is 10.1. The van der Waals surface area contributed by atoms with Crippen LogP contribution in [0.1, 0.15) is 33.1 Å². The van der Waals surface area contributed by atoms with Gasteiger partial charge in [0.2, 0.25) is 0 Å². The van der Waals surface area contributed by atoms with Gasteiger partial charge in [0.25, 0.3) is 5.91 Å². The summed E-state index contributed by atoms with van der Waals surface area (Å²) in [6.45, 7) is 3.54. The Kier molecular flexibility index (Phi) is 5.08. The highest BCUT2D eigenvalue weighted by atomic mass is 16.5. The first-order valence-corrected chi connectivity index (χ1v) is 7.73. The molecule has 124 valence electrons. The second-order valence-electron chi connectivity index (χ2n) is 5.53. The van der Waals surface area contributed by atoms with Gasteiger partial charge in [0.15, 0.2) is 11.5 Å². The zero-order chi connectivity index (χ0) is 16.8. The Hall–Kier alpha value is -2.86. The van der Waals surface area contributed by atoms with Crippen LogP contribution in [0.4, 0.5) is 0 Å². The van der Waals surface area contributed by atoms with Gasteiger partial charge in [-0.3, -0.25) is 4.79 Å². The van der Waals surface area contributed by atoms with Crippen LogP contribution in [0.5, 0.6) is 0 Å². The SMILES string of the molecule is Cc1ccc(CNC(=O)c2cc(CNCc3ccco3)on2)cc1. The minimum atomic E-state index is -0.253. The van der Waals surface area contributed by atoms with Gasteiger partial charge in [-0.2, -0.15) is 0 Å². The second-order valence-corrected chi connectivity index (χ2v) is 5.53. The largest absolute Gasteiger partial charge is 0.468 e. The number of carbonyl (C=O) groups is 1. The molecule has 0 aliphatic carbocycles. The Bertz CT molecular complexity index is 776. The number of nitrogens with zero attached hydrogens (tertiary/aromatic N) is 1. The van der Waals surface area contributed by atoms with Gasteiger partial charge in [-0.15, -0.1) is 0 Å². The third kappa shape index (κ3) is 4.33. The molecule has 6 heteroatoms. The second kappa shape index (κ2) is 7.61. The molecule has 3 rings (SSSR count). The van der Waals surface area contributed by atoms with E-state index in [9.17, 15) is 4.79 Å². The van der Waals surface area contributed by atoms with Crippen molar-refractivity contribution in [1.82, 2.24) is 15.8 Å². The van der Waals surface area contributed by atoms with Crippen molar-refractivity contribution in [1.29, 1.82) is 0 Å². The van der Waals surface area contributed by atoms with E-state index in [-0.39, 0.29) is 11.6 Å². The molecule has 0 spiro atoms. The molecule has 24 heavy (non-hydrogen) atoms. The van der Waals surface area contributed by atoms with Crippen LogP contribution in [0.2, 0.25) is 0 Å². The number of amides is 1. The zero-order valence-corrected chi connectivity index (χ0v) is 13.4. The quantitative estimate of drug-likeness (QED) is 0.698. The molecule has 6 nitrogen and oxygen atoms in total. The monoisotopic (exact) mass is 325 g/mol. The van der Waals surface area contributed by atoms with E-state index in [0.29, 0.717) is 25.4 Å². The molecule has 0 fully saturated rings. The Morgan fingerprint density at radius 2 is 1.88 bits per heavy atom. The van der Waals surface area contributed by atoms with E-state index in [1.165, 1.54) is 5.56 Å². The Morgan fingerprint density at radius 1 is 1.08 bits per heavy atom. The minimum Gasteiger partial charge on any atom is -0.468 e. The van der Waals surface area contributed by atoms with Crippen molar-refractivity contribution in [2.24, 2.45) is 0 Å². The number of hydrogen-bond donors (Lipinski definition) is 2. The van der Waals surface area contributed by atoms with Crippen LogP contribution < -0.4 is 10.6 Å². The number of hydrogen-bond acceptors (Lipinski definition) is 5. The summed E-state index contributed by atoms with van der Waals surface area (Å²) in [5.41, 5.74) is 2.50. The third-order valence-corrected chi connectivity index (χ3v) is 3.54. The normalized spacial score (nSPS) is 10.7. The van der Waals surface area contributed by atoms with Crippen molar-refractivity contribution < 1.29 is 13.7 Å². The molecule has 0 atom stereocenters. The summed E-state index contributed by atoms with van der Waals surface area (Å²) >= 11 is 0. The van der Waals surface area contributed by atoms with Crippen molar-refractivity contribution in [3.8, 4) is 0 Å².